The summed E-state index contributed by atoms with van der Waals surface area (Å²) in [7, 11) is 0. The molecule has 0 atom stereocenters. The van der Waals surface area contributed by atoms with Gasteiger partial charge in [-0.2, -0.15) is 0 Å². The molecule has 0 spiro atoms. The normalized spacial score (nSPS) is 12.9. The van der Waals surface area contributed by atoms with Crippen LogP contribution in [0.25, 0.3) is 32.3 Å². The molecule has 8 aromatic rings. The lowest BCUT2D eigenvalue weighted by Crippen LogP contribution is -2.13. The minimum atomic E-state index is -0.254. The third kappa shape index (κ3) is 23.3. The first-order valence-corrected chi connectivity index (χ1v) is 43.9. The molecule has 0 unspecified atom stereocenters. The first-order valence-electron chi connectivity index (χ1n) is 40.6. The summed E-state index contributed by atoms with van der Waals surface area (Å²) in [5.41, 5.74) is 3.31. The summed E-state index contributed by atoms with van der Waals surface area (Å²) >= 11 is 5.83. The quantitative estimate of drug-likeness (QED) is 0.0251. The molecule has 1 heterocycles. The molecule has 0 aliphatic carbocycles. The fourth-order valence-corrected chi connectivity index (χ4v) is 17.7. The van der Waals surface area contributed by atoms with Crippen LogP contribution in [-0.4, -0.2) is 61.6 Å². The summed E-state index contributed by atoms with van der Waals surface area (Å²) in [5, 5.41) is 43.9. The second kappa shape index (κ2) is 39.7. The number of rotatable bonds is 38. The first-order chi connectivity index (χ1) is 51.1. The summed E-state index contributed by atoms with van der Waals surface area (Å²) in [6.45, 7) is 41.7. The van der Waals surface area contributed by atoms with Crippen molar-refractivity contribution in [2.75, 3.05) is 46.2 Å². The van der Waals surface area contributed by atoms with Gasteiger partial charge in [0.15, 0.2) is 34.5 Å². The minimum Gasteiger partial charge on any atom is -0.506 e. The molecule has 8 bridgehead atoms. The van der Waals surface area contributed by atoms with Crippen molar-refractivity contribution < 1.29 is 48.5 Å². The lowest BCUT2D eigenvalue weighted by molar-refractivity contribution is 0.259. The molecule has 584 valence electrons. The van der Waals surface area contributed by atoms with E-state index in [1.54, 1.807) is 0 Å². The number of benzene rings is 8. The zero-order valence-electron chi connectivity index (χ0n) is 68.1. The second-order valence-electron chi connectivity index (χ2n) is 33.5. The number of unbranched alkanes of at least 4 members (excludes halogenated alkanes) is 17. The smallest absolute Gasteiger partial charge is 0.161 e. The number of hydrogen-bond acceptors (Lipinski definition) is 14. The fourth-order valence-electron chi connectivity index (χ4n) is 13.3. The Morgan fingerprint density at radius 2 is 0.393 bits per heavy atom. The van der Waals surface area contributed by atoms with E-state index < -0.39 is 0 Å². The Morgan fingerprint density at radius 1 is 0.224 bits per heavy atom. The molecule has 0 saturated heterocycles. The van der Waals surface area contributed by atoms with Crippen molar-refractivity contribution in [1.82, 2.24) is 0 Å². The average Bonchev–Trinajstić information content (AvgIpc) is 0.731. The van der Waals surface area contributed by atoms with Gasteiger partial charge in [-0.15, -0.1) is 0 Å². The Labute approximate surface area is 660 Å². The maximum Gasteiger partial charge on any atom is 0.161 e. The van der Waals surface area contributed by atoms with Gasteiger partial charge in [-0.05, 0) is 206 Å². The molecule has 10 nitrogen and oxygen atoms in total. The largest absolute Gasteiger partial charge is 0.506 e. The maximum absolute atomic E-state index is 12.6. The van der Waals surface area contributed by atoms with Gasteiger partial charge in [-0.1, -0.05) is 267 Å². The fraction of sp³-hybridized carbons (Fsp3) is 0.548. The third-order valence-electron chi connectivity index (χ3n) is 20.2. The molecular weight excluding hydrogens is 1410 g/mol. The van der Waals surface area contributed by atoms with Crippen LogP contribution in [0.3, 0.4) is 0 Å². The van der Waals surface area contributed by atoms with E-state index in [4.69, 9.17) is 33.2 Å². The van der Waals surface area contributed by atoms with Crippen LogP contribution in [0.2, 0.25) is 0 Å². The summed E-state index contributed by atoms with van der Waals surface area (Å²) < 4.78 is 47.5. The zero-order chi connectivity index (χ0) is 77.1. The van der Waals surface area contributed by atoms with E-state index in [0.717, 1.165) is 252 Å². The molecule has 1 aliphatic heterocycles. The van der Waals surface area contributed by atoms with Gasteiger partial charge in [-0.3, -0.25) is 0 Å². The summed E-state index contributed by atoms with van der Waals surface area (Å²) in [5.74, 6) is 5.81. The van der Waals surface area contributed by atoms with Crippen LogP contribution in [0.1, 0.15) is 288 Å². The van der Waals surface area contributed by atoms with Gasteiger partial charge in [-0.25, -0.2) is 0 Å². The predicted molar refractivity (Wildman–Crippen MR) is 454 cm³/mol. The summed E-state index contributed by atoms with van der Waals surface area (Å²) in [6, 6.07) is 30.3. The van der Waals surface area contributed by atoms with Crippen molar-refractivity contribution in [2.45, 2.75) is 326 Å². The molecule has 0 fully saturated rings. The van der Waals surface area contributed by atoms with Gasteiger partial charge in [0.2, 0.25) is 0 Å². The molecular formula is C93H128O10S4. The van der Waals surface area contributed by atoms with Crippen LogP contribution in [0, 0.1) is 0 Å². The van der Waals surface area contributed by atoms with Gasteiger partial charge in [0.25, 0.3) is 0 Å². The van der Waals surface area contributed by atoms with Gasteiger partial charge >= 0.3 is 0 Å². The number of phenols is 3. The second-order valence-corrected chi connectivity index (χ2v) is 37.8. The number of ether oxygens (including phenoxy) is 7. The number of phenolic OH excluding ortho intramolecular Hbond substituents is 3. The minimum absolute atomic E-state index is 0.120. The van der Waals surface area contributed by atoms with Crippen LogP contribution in [0.15, 0.2) is 124 Å². The Hall–Kier alpha value is -6.06. The highest BCUT2D eigenvalue weighted by Gasteiger charge is 2.31. The number of fused-ring (bicyclic) bond motifs is 14. The van der Waals surface area contributed by atoms with Crippen molar-refractivity contribution in [2.24, 2.45) is 0 Å². The highest BCUT2D eigenvalue weighted by Crippen LogP contribution is 2.57. The van der Waals surface area contributed by atoms with E-state index in [0.29, 0.717) is 75.6 Å². The van der Waals surface area contributed by atoms with Crippen LogP contribution in [-0.2, 0) is 21.7 Å². The zero-order valence-corrected chi connectivity index (χ0v) is 71.4. The van der Waals surface area contributed by atoms with E-state index in [-0.39, 0.29) is 38.9 Å². The SMILES string of the molecule is CCCCCOc1cc2c3cc(OCCCCC)c(OCCCCC)cc3c3cc(OCCCCCCCCCCOc4c5cc(C(C)(C)C)cc4Sc4cc(C(C)(C)C)cc(c4O)Sc4cc(C(C)(C)C)cc(c4O)Sc4cc(C(C)(C)C)cc(c4O)S5)c(OCCCCC)cc3c2cc1OCCCCC. The molecule has 3 N–H and O–H groups in total. The molecule has 0 aromatic heterocycles. The highest BCUT2D eigenvalue weighted by molar-refractivity contribution is 8.01. The molecule has 14 heteroatoms. The molecule has 107 heavy (non-hydrogen) atoms. The lowest BCUT2D eigenvalue weighted by Gasteiger charge is -2.27. The van der Waals surface area contributed by atoms with E-state index in [1.165, 1.54) is 47.0 Å². The molecule has 8 aromatic carbocycles. The van der Waals surface area contributed by atoms with Crippen LogP contribution in [0.4, 0.5) is 0 Å². The van der Waals surface area contributed by atoms with E-state index >= 15 is 0 Å². The molecule has 1 aliphatic rings. The van der Waals surface area contributed by atoms with Crippen molar-refractivity contribution in [3.05, 3.63) is 107 Å². The summed E-state index contributed by atoms with van der Waals surface area (Å²) in [4.78, 5) is 5.84. The Kier molecular flexibility index (Phi) is 31.5. The van der Waals surface area contributed by atoms with Gasteiger partial charge in [0.1, 0.15) is 23.0 Å². The Balaban J connectivity index is 0.946. The summed E-state index contributed by atoms with van der Waals surface area (Å²) in [6.07, 6.45) is 24.3. The predicted octanol–water partition coefficient (Wildman–Crippen LogP) is 28.8. The molecule has 0 saturated carbocycles. The Bertz CT molecular complexity index is 4060. The van der Waals surface area contributed by atoms with Crippen LogP contribution >= 0.6 is 47.0 Å². The number of aromatic hydroxyl groups is 3. The lowest BCUT2D eigenvalue weighted by atomic mass is 9.87. The molecule has 0 amide bonds. The monoisotopic (exact) mass is 1530 g/mol. The number of hydrogen-bond donors (Lipinski definition) is 3. The van der Waals surface area contributed by atoms with Gasteiger partial charge in [0.05, 0.1) is 85.4 Å². The Morgan fingerprint density at radius 3 is 0.589 bits per heavy atom. The standard InChI is InChI=1S/C93H128O10S4/c1-18-23-34-41-97-72-56-66-67-57-73(98-42-35-24-19-2)75(100-44-37-26-21-4)59-69(67)71-61-77(76(101-45-38-27-22-5)60-70(71)68(66)58-74(72)99-43-36-25-20-3)102-46-39-32-30-28-29-31-33-40-47-103-89-84-54-65(93(15,16)17)55-85(89)107-83-53-64(92(12,13)14)51-81(88(83)96)105-79-49-62(90(6,7)8)48-78(86(79)94)104-80-50-63(91(9,10)11)52-82(106-84)87(80)95/h48-61,94-96H,18-47H2,1-17H3. The molecule has 0 radical (unpaired) electrons. The van der Waals surface area contributed by atoms with E-state index in [9.17, 15) is 15.3 Å². The van der Waals surface area contributed by atoms with E-state index in [2.05, 4.69) is 203 Å². The van der Waals surface area contributed by atoms with Gasteiger partial charge in [0, 0.05) is 0 Å². The van der Waals surface area contributed by atoms with Gasteiger partial charge < -0.3 is 48.5 Å². The topological polar surface area (TPSA) is 125 Å². The van der Waals surface area contributed by atoms with Crippen LogP contribution < -0.4 is 33.2 Å². The van der Waals surface area contributed by atoms with Crippen molar-refractivity contribution in [3.63, 3.8) is 0 Å². The highest BCUT2D eigenvalue weighted by atomic mass is 32.2. The van der Waals surface area contributed by atoms with E-state index in [1.807, 2.05) is 0 Å². The molecule has 9 rings (SSSR count). The third-order valence-corrected chi connectivity index (χ3v) is 24.4. The average molecular weight is 1530 g/mol. The van der Waals surface area contributed by atoms with Crippen LogP contribution in [0.5, 0.6) is 57.5 Å². The maximum atomic E-state index is 12.6. The van der Waals surface area contributed by atoms with Crippen molar-refractivity contribution in [3.8, 4) is 57.5 Å². The van der Waals surface area contributed by atoms with Crippen molar-refractivity contribution in [1.29, 1.82) is 0 Å². The first kappa shape index (κ1) is 85.0. The van der Waals surface area contributed by atoms with Crippen molar-refractivity contribution >= 4 is 79.4 Å².